The van der Waals surface area contributed by atoms with Gasteiger partial charge in [0.15, 0.2) is 0 Å². The van der Waals surface area contributed by atoms with Crippen LogP contribution < -0.4 is 5.73 Å². The van der Waals surface area contributed by atoms with E-state index in [1.807, 2.05) is 0 Å². The summed E-state index contributed by atoms with van der Waals surface area (Å²) in [5, 5.41) is 0. The molecule has 4 nitrogen and oxygen atoms in total. The maximum atomic E-state index is 11.4. The summed E-state index contributed by atoms with van der Waals surface area (Å²) in [4.78, 5) is 12.6. The molecular weight excluding hydrogens is 188 g/mol. The Bertz CT molecular complexity index is 209. The zero-order valence-corrected chi connectivity index (χ0v) is 9.48. The van der Waals surface area contributed by atoms with Gasteiger partial charge in [0.2, 0.25) is 5.91 Å². The Labute approximate surface area is 81.9 Å². The Morgan fingerprint density at radius 3 is 2.23 bits per heavy atom. The van der Waals surface area contributed by atoms with Crippen LogP contribution in [-0.4, -0.2) is 46.2 Å². The molecule has 0 aromatic heterocycles. The molecule has 0 aromatic carbocycles. The Morgan fingerprint density at radius 1 is 1.46 bits per heavy atom. The lowest BCUT2D eigenvalue weighted by Gasteiger charge is -2.18. The van der Waals surface area contributed by atoms with E-state index in [2.05, 4.69) is 0 Å². The van der Waals surface area contributed by atoms with E-state index in [1.54, 1.807) is 27.9 Å². The zero-order chi connectivity index (χ0) is 10.6. The molecule has 0 rings (SSSR count). The van der Waals surface area contributed by atoms with E-state index >= 15 is 0 Å². The van der Waals surface area contributed by atoms with Gasteiger partial charge in [0.25, 0.3) is 0 Å². The molecule has 0 fully saturated rings. The van der Waals surface area contributed by atoms with Gasteiger partial charge in [-0.15, -0.1) is 0 Å². The predicted octanol–water partition coefficient (Wildman–Crippen LogP) is -0.439. The molecule has 1 amide bonds. The van der Waals surface area contributed by atoms with E-state index < -0.39 is 16.3 Å². The highest BCUT2D eigenvalue weighted by molar-refractivity contribution is 7.85. The third-order valence-electron chi connectivity index (χ3n) is 1.32. The first kappa shape index (κ1) is 12.6. The fraction of sp³-hybridized carbons (Fsp3) is 0.875. The van der Waals surface area contributed by atoms with Gasteiger partial charge in [-0.3, -0.25) is 9.00 Å². The van der Waals surface area contributed by atoms with Crippen LogP contribution in [0.4, 0.5) is 0 Å². The molecule has 0 aliphatic carbocycles. The molecule has 0 spiro atoms. The topological polar surface area (TPSA) is 63.4 Å². The molecule has 0 aliphatic rings. The summed E-state index contributed by atoms with van der Waals surface area (Å²) in [5.41, 5.74) is 5.20. The standard InChI is InChI=1S/C8H18N2O2S/c1-8(2,9)6-13(12)5-7(11)10(3)4/h5-6,9H2,1-4H3. The molecule has 0 heterocycles. The van der Waals surface area contributed by atoms with Crippen molar-refractivity contribution in [3.63, 3.8) is 0 Å². The number of nitrogens with two attached hydrogens (primary N) is 1. The molecule has 0 saturated heterocycles. The largest absolute Gasteiger partial charge is 0.348 e. The molecule has 0 radical (unpaired) electrons. The van der Waals surface area contributed by atoms with Crippen molar-refractivity contribution in [1.82, 2.24) is 4.90 Å². The van der Waals surface area contributed by atoms with Gasteiger partial charge in [0.1, 0.15) is 5.75 Å². The van der Waals surface area contributed by atoms with E-state index in [1.165, 1.54) is 4.90 Å². The van der Waals surface area contributed by atoms with E-state index in [-0.39, 0.29) is 11.7 Å². The Balaban J connectivity index is 3.96. The molecule has 1 atom stereocenters. The van der Waals surface area contributed by atoms with Crippen LogP contribution in [0.2, 0.25) is 0 Å². The van der Waals surface area contributed by atoms with Crippen LogP contribution in [0.5, 0.6) is 0 Å². The van der Waals surface area contributed by atoms with E-state index in [9.17, 15) is 9.00 Å². The first-order chi connectivity index (χ1) is 5.72. The summed E-state index contributed by atoms with van der Waals surface area (Å²) in [7, 11) is 2.14. The zero-order valence-electron chi connectivity index (χ0n) is 8.66. The van der Waals surface area contributed by atoms with Crippen molar-refractivity contribution in [1.29, 1.82) is 0 Å². The summed E-state index contributed by atoms with van der Waals surface area (Å²) in [6.45, 7) is 3.59. The van der Waals surface area contributed by atoms with Crippen molar-refractivity contribution < 1.29 is 9.00 Å². The van der Waals surface area contributed by atoms with Gasteiger partial charge in [-0.05, 0) is 13.8 Å². The summed E-state index contributed by atoms with van der Waals surface area (Å²) in [5.74, 6) is 0.294. The van der Waals surface area contributed by atoms with Crippen LogP contribution in [0.3, 0.4) is 0 Å². The minimum Gasteiger partial charge on any atom is -0.348 e. The smallest absolute Gasteiger partial charge is 0.234 e. The van der Waals surface area contributed by atoms with E-state index in [4.69, 9.17) is 5.73 Å². The maximum absolute atomic E-state index is 11.4. The Morgan fingerprint density at radius 2 is 1.92 bits per heavy atom. The van der Waals surface area contributed by atoms with Crippen LogP contribution in [0, 0.1) is 0 Å². The van der Waals surface area contributed by atoms with Crippen LogP contribution >= 0.6 is 0 Å². The van der Waals surface area contributed by atoms with Gasteiger partial charge in [-0.2, -0.15) is 0 Å². The molecule has 0 saturated carbocycles. The van der Waals surface area contributed by atoms with Gasteiger partial charge >= 0.3 is 0 Å². The third-order valence-corrected chi connectivity index (χ3v) is 2.95. The predicted molar refractivity (Wildman–Crippen MR) is 54.8 cm³/mol. The molecular formula is C8H18N2O2S. The number of nitrogens with zero attached hydrogens (tertiary/aromatic N) is 1. The van der Waals surface area contributed by atoms with Crippen LogP contribution in [0.15, 0.2) is 0 Å². The first-order valence-corrected chi connectivity index (χ1v) is 5.55. The fourth-order valence-corrected chi connectivity index (χ4v) is 2.20. The minimum absolute atomic E-state index is 0.0631. The van der Waals surface area contributed by atoms with Crippen LogP contribution in [0.1, 0.15) is 13.8 Å². The second kappa shape index (κ2) is 4.72. The summed E-state index contributed by atoms with van der Waals surface area (Å²) in [6, 6.07) is 0. The molecule has 0 aromatic rings. The van der Waals surface area contributed by atoms with Crippen molar-refractivity contribution in [3.05, 3.63) is 0 Å². The van der Waals surface area contributed by atoms with E-state index in [0.29, 0.717) is 5.75 Å². The molecule has 13 heavy (non-hydrogen) atoms. The quantitative estimate of drug-likeness (QED) is 0.678. The van der Waals surface area contributed by atoms with Gasteiger partial charge in [0.05, 0.1) is 0 Å². The molecule has 1 unspecified atom stereocenters. The van der Waals surface area contributed by atoms with Crippen LogP contribution in [0.25, 0.3) is 0 Å². The SMILES string of the molecule is CN(C)C(=O)CS(=O)CC(C)(C)N. The van der Waals surface area contributed by atoms with Crippen LogP contribution in [-0.2, 0) is 15.6 Å². The van der Waals surface area contributed by atoms with Crippen molar-refractivity contribution in [2.45, 2.75) is 19.4 Å². The van der Waals surface area contributed by atoms with Gasteiger partial charge in [-0.1, -0.05) is 0 Å². The van der Waals surface area contributed by atoms with E-state index in [0.717, 1.165) is 0 Å². The fourth-order valence-electron chi connectivity index (χ4n) is 0.733. The highest BCUT2D eigenvalue weighted by Crippen LogP contribution is 2.00. The number of amides is 1. The lowest BCUT2D eigenvalue weighted by Crippen LogP contribution is -2.40. The highest BCUT2D eigenvalue weighted by Gasteiger charge is 2.17. The second-order valence-corrected chi connectivity index (χ2v) is 5.46. The van der Waals surface area contributed by atoms with Crippen molar-refractivity contribution in [2.75, 3.05) is 25.6 Å². The third kappa shape index (κ3) is 6.72. The van der Waals surface area contributed by atoms with Crippen molar-refractivity contribution in [2.24, 2.45) is 5.73 Å². The van der Waals surface area contributed by atoms with Crippen molar-refractivity contribution >= 4 is 16.7 Å². The van der Waals surface area contributed by atoms with Gasteiger partial charge in [-0.25, -0.2) is 0 Å². The number of rotatable bonds is 4. The number of hydrogen-bond acceptors (Lipinski definition) is 3. The molecule has 78 valence electrons. The highest BCUT2D eigenvalue weighted by atomic mass is 32.2. The molecule has 2 N–H and O–H groups in total. The monoisotopic (exact) mass is 206 g/mol. The Kier molecular flexibility index (Phi) is 4.56. The van der Waals surface area contributed by atoms with Gasteiger partial charge in [0, 0.05) is 36.2 Å². The Hall–Kier alpha value is -0.420. The summed E-state index contributed by atoms with van der Waals surface area (Å²) >= 11 is 0. The maximum Gasteiger partial charge on any atom is 0.234 e. The second-order valence-electron chi connectivity index (χ2n) is 4.01. The number of hydrogen-bond donors (Lipinski definition) is 1. The molecule has 0 aliphatic heterocycles. The first-order valence-electron chi connectivity index (χ1n) is 4.06. The number of carbonyl (C=O) groups excluding carboxylic acids is 1. The summed E-state index contributed by atoms with van der Waals surface area (Å²) in [6.07, 6.45) is 0. The average molecular weight is 206 g/mol. The van der Waals surface area contributed by atoms with Gasteiger partial charge < -0.3 is 10.6 Å². The lowest BCUT2D eigenvalue weighted by molar-refractivity contribution is -0.125. The minimum atomic E-state index is -1.16. The molecule has 5 heteroatoms. The normalized spacial score (nSPS) is 13.9. The van der Waals surface area contributed by atoms with Crippen molar-refractivity contribution in [3.8, 4) is 0 Å². The molecule has 0 bridgehead atoms. The summed E-state index contributed by atoms with van der Waals surface area (Å²) < 4.78 is 11.4. The average Bonchev–Trinajstić information content (AvgIpc) is 1.81. The number of carbonyl (C=O) groups is 1. The lowest BCUT2D eigenvalue weighted by atomic mass is 10.1.